The van der Waals surface area contributed by atoms with Crippen LogP contribution in [-0.2, 0) is 9.84 Å². The van der Waals surface area contributed by atoms with E-state index in [1.165, 1.54) is 37.5 Å². The van der Waals surface area contributed by atoms with Gasteiger partial charge in [-0.2, -0.15) is 13.9 Å². The van der Waals surface area contributed by atoms with E-state index in [-0.39, 0.29) is 17.0 Å². The van der Waals surface area contributed by atoms with E-state index in [1.54, 1.807) is 24.3 Å². The largest absolute Gasteiger partial charge is 0.497 e. The van der Waals surface area contributed by atoms with E-state index in [9.17, 15) is 32.1 Å². The average molecular weight is 520 g/mol. The van der Waals surface area contributed by atoms with Crippen molar-refractivity contribution in [1.29, 1.82) is 0 Å². The Kier molecular flexibility index (Phi) is 8.11. The number of hydrogen-bond acceptors (Lipinski definition) is 9. The third-order valence-electron chi connectivity index (χ3n) is 4.53. The molecule has 2 N–H and O–H groups in total. The van der Waals surface area contributed by atoms with Crippen molar-refractivity contribution in [3.63, 3.8) is 0 Å². The minimum absolute atomic E-state index is 0.156. The molecule has 0 aliphatic heterocycles. The summed E-state index contributed by atoms with van der Waals surface area (Å²) in [7, 11) is -3.60. The zero-order chi connectivity index (χ0) is 26.3. The molecule has 11 nitrogen and oxygen atoms in total. The number of carbonyl (C=O) groups excluding carboxylic acids is 1. The summed E-state index contributed by atoms with van der Waals surface area (Å²) in [6.07, 6.45) is 3.79. The summed E-state index contributed by atoms with van der Waals surface area (Å²) in [4.78, 5) is 21.5. The Labute approximate surface area is 203 Å². The lowest BCUT2D eigenvalue weighted by atomic mass is 10.2. The molecule has 2 aromatic carbocycles. The van der Waals surface area contributed by atoms with E-state index in [0.29, 0.717) is 11.4 Å². The van der Waals surface area contributed by atoms with E-state index in [2.05, 4.69) is 15.8 Å². The Morgan fingerprint density at radius 3 is 2.50 bits per heavy atom. The fourth-order valence-electron chi connectivity index (χ4n) is 2.80. The summed E-state index contributed by atoms with van der Waals surface area (Å²) >= 11 is 0. The van der Waals surface area contributed by atoms with Crippen molar-refractivity contribution in [2.45, 2.75) is 10.7 Å². The second kappa shape index (κ2) is 11.2. The molecule has 3 rings (SSSR count). The number of ether oxygens (including phenoxy) is 1. The summed E-state index contributed by atoms with van der Waals surface area (Å²) in [6, 6.07) is 12.0. The van der Waals surface area contributed by atoms with Gasteiger partial charge in [0.15, 0.2) is 0 Å². The Morgan fingerprint density at radius 1 is 1.17 bits per heavy atom. The molecule has 14 heteroatoms. The molecule has 0 fully saturated rings. The quantitative estimate of drug-likeness (QED) is 0.227. The third kappa shape index (κ3) is 6.29. The summed E-state index contributed by atoms with van der Waals surface area (Å²) in [5, 5.41) is 17.0. The van der Waals surface area contributed by atoms with Gasteiger partial charge in [-0.25, -0.2) is 13.8 Å². The van der Waals surface area contributed by atoms with Gasteiger partial charge in [0, 0.05) is 17.5 Å². The average Bonchev–Trinajstić information content (AvgIpc) is 3.33. The minimum Gasteiger partial charge on any atom is -0.497 e. The molecular weight excluding hydrogens is 502 g/mol. The van der Waals surface area contributed by atoms with Gasteiger partial charge in [-0.1, -0.05) is 0 Å². The van der Waals surface area contributed by atoms with Crippen LogP contribution in [0.15, 0.2) is 75.1 Å². The molecule has 188 valence electrons. The zero-order valence-electron chi connectivity index (χ0n) is 18.4. The van der Waals surface area contributed by atoms with Crippen molar-refractivity contribution in [2.24, 2.45) is 5.10 Å². The minimum atomic E-state index is -5.07. The lowest BCUT2D eigenvalue weighted by Gasteiger charge is -2.14. The lowest BCUT2D eigenvalue weighted by molar-refractivity contribution is -0.402. The molecule has 36 heavy (non-hydrogen) atoms. The number of anilines is 2. The van der Waals surface area contributed by atoms with E-state index >= 15 is 0 Å². The molecule has 0 unspecified atom stereocenters. The van der Waals surface area contributed by atoms with Gasteiger partial charge in [-0.3, -0.25) is 14.9 Å². The molecule has 3 aromatic rings. The monoisotopic (exact) mass is 520 g/mol. The number of allylic oxidation sites excluding steroid dienone is 1. The summed E-state index contributed by atoms with van der Waals surface area (Å²) < 4.78 is 61.1. The molecule has 0 aliphatic rings. The molecule has 0 spiro atoms. The Hall–Kier alpha value is -4.59. The van der Waals surface area contributed by atoms with Crippen molar-refractivity contribution in [3.05, 3.63) is 82.1 Å². The maximum Gasteiger partial charge on any atom is 0.433 e. The van der Waals surface area contributed by atoms with Gasteiger partial charge in [0.2, 0.25) is 9.84 Å². The van der Waals surface area contributed by atoms with Crippen LogP contribution in [0.4, 0.5) is 26.0 Å². The summed E-state index contributed by atoms with van der Waals surface area (Å²) in [5.74, 6) is -4.32. The van der Waals surface area contributed by atoms with Crippen LogP contribution in [0.25, 0.3) is 6.08 Å². The van der Waals surface area contributed by atoms with Gasteiger partial charge in [0.1, 0.15) is 16.4 Å². The molecule has 0 atom stereocenters. The Morgan fingerprint density at radius 2 is 1.89 bits per heavy atom. The van der Waals surface area contributed by atoms with Gasteiger partial charge in [0.25, 0.3) is 5.91 Å². The molecule has 0 aliphatic carbocycles. The van der Waals surface area contributed by atoms with Crippen LogP contribution in [0.1, 0.15) is 16.1 Å². The molecule has 1 aromatic heterocycles. The first-order chi connectivity index (χ1) is 17.1. The second-order valence-electron chi connectivity index (χ2n) is 6.88. The topological polar surface area (TPSA) is 153 Å². The van der Waals surface area contributed by atoms with Crippen molar-refractivity contribution < 1.29 is 36.1 Å². The zero-order valence-corrected chi connectivity index (χ0v) is 19.2. The van der Waals surface area contributed by atoms with E-state index in [1.807, 2.05) is 0 Å². The Balaban J connectivity index is 1.77. The number of nitro groups is 1. The number of nitrogens with zero attached hydrogens (tertiary/aromatic N) is 2. The molecule has 0 saturated carbocycles. The summed E-state index contributed by atoms with van der Waals surface area (Å²) in [5.41, 5.74) is 2.13. The number of halogens is 2. The SMILES string of the molecule is COc1ccc(Nc2ccc(C(=O)N/N=C\C=C\c3ccc([N+](=O)[O-])o3)cc2S(=O)(=O)C(F)F)cc1. The van der Waals surface area contributed by atoms with Gasteiger partial charge < -0.3 is 14.5 Å². The highest BCUT2D eigenvalue weighted by Gasteiger charge is 2.30. The number of carbonyl (C=O) groups is 1. The van der Waals surface area contributed by atoms with Crippen LogP contribution < -0.4 is 15.5 Å². The molecule has 0 radical (unpaired) electrons. The van der Waals surface area contributed by atoms with Crippen LogP contribution in [0.5, 0.6) is 5.75 Å². The first kappa shape index (κ1) is 26.0. The highest BCUT2D eigenvalue weighted by atomic mass is 32.2. The predicted molar refractivity (Wildman–Crippen MR) is 126 cm³/mol. The summed E-state index contributed by atoms with van der Waals surface area (Å²) in [6.45, 7) is 0. The van der Waals surface area contributed by atoms with Crippen molar-refractivity contribution in [3.8, 4) is 5.75 Å². The van der Waals surface area contributed by atoms with E-state index in [0.717, 1.165) is 18.3 Å². The van der Waals surface area contributed by atoms with Crippen molar-refractivity contribution in [2.75, 3.05) is 12.4 Å². The molecule has 1 heterocycles. The van der Waals surface area contributed by atoms with Crippen LogP contribution >= 0.6 is 0 Å². The van der Waals surface area contributed by atoms with Gasteiger partial charge >= 0.3 is 11.6 Å². The molecule has 1 amide bonds. The van der Waals surface area contributed by atoms with Crippen LogP contribution in [0.2, 0.25) is 0 Å². The third-order valence-corrected chi connectivity index (χ3v) is 5.95. The van der Waals surface area contributed by atoms with Gasteiger partial charge in [-0.15, -0.1) is 0 Å². The fraction of sp³-hybridized carbons (Fsp3) is 0.0909. The van der Waals surface area contributed by atoms with Gasteiger partial charge in [0.05, 0.1) is 23.8 Å². The standard InChI is InChI=1S/C22H18F2N4O7S/c1-34-16-7-5-15(6-8-16)26-18-10-4-14(13-19(18)36(32,33)22(23)24)21(29)27-25-12-2-3-17-9-11-20(35-17)28(30)31/h2-13,22,26H,1H3,(H,27,29)/b3-2+,25-12-. The van der Waals surface area contributed by atoms with Crippen LogP contribution in [0.3, 0.4) is 0 Å². The number of alkyl halides is 2. The van der Waals surface area contributed by atoms with Crippen LogP contribution in [-0.4, -0.2) is 38.3 Å². The number of hydrogen-bond donors (Lipinski definition) is 2. The number of benzene rings is 2. The number of sulfone groups is 1. The maximum absolute atomic E-state index is 13.3. The molecule has 0 saturated heterocycles. The molecule has 0 bridgehead atoms. The highest BCUT2D eigenvalue weighted by Crippen LogP contribution is 2.30. The van der Waals surface area contributed by atoms with Crippen LogP contribution in [0, 0.1) is 10.1 Å². The number of rotatable bonds is 10. The Bertz CT molecular complexity index is 1420. The number of hydrazone groups is 1. The lowest BCUT2D eigenvalue weighted by Crippen LogP contribution is -2.19. The maximum atomic E-state index is 13.3. The van der Waals surface area contributed by atoms with E-state index < -0.39 is 37.2 Å². The second-order valence-corrected chi connectivity index (χ2v) is 8.77. The van der Waals surface area contributed by atoms with Crippen molar-refractivity contribution >= 4 is 45.3 Å². The predicted octanol–water partition coefficient (Wildman–Crippen LogP) is 4.37. The molecular formula is C22H18F2N4O7S. The first-order valence-electron chi connectivity index (χ1n) is 9.93. The number of furan rings is 1. The highest BCUT2D eigenvalue weighted by molar-refractivity contribution is 7.91. The number of methoxy groups -OCH3 is 1. The smallest absolute Gasteiger partial charge is 0.433 e. The van der Waals surface area contributed by atoms with E-state index in [4.69, 9.17) is 9.15 Å². The van der Waals surface area contributed by atoms with Crippen molar-refractivity contribution in [1.82, 2.24) is 5.43 Å². The van der Waals surface area contributed by atoms with Gasteiger partial charge in [-0.05, 0) is 60.7 Å². The fourth-order valence-corrected chi connectivity index (χ4v) is 3.71. The normalized spacial score (nSPS) is 11.8. The number of amides is 1. The number of nitrogens with one attached hydrogen (secondary N) is 2. The first-order valence-corrected chi connectivity index (χ1v) is 11.5.